The highest BCUT2D eigenvalue weighted by molar-refractivity contribution is 8.00. The van der Waals surface area contributed by atoms with E-state index in [0.717, 1.165) is 9.90 Å². The van der Waals surface area contributed by atoms with Crippen LogP contribution < -0.4 is 5.32 Å². The van der Waals surface area contributed by atoms with Crippen LogP contribution in [0.2, 0.25) is 0 Å². The fourth-order valence-electron chi connectivity index (χ4n) is 1.69. The summed E-state index contributed by atoms with van der Waals surface area (Å²) in [6, 6.07) is 7.63. The highest BCUT2D eigenvalue weighted by Gasteiger charge is 2.15. The van der Waals surface area contributed by atoms with E-state index in [-0.39, 0.29) is 5.91 Å². The predicted molar refractivity (Wildman–Crippen MR) is 89.4 cm³/mol. The van der Waals surface area contributed by atoms with Gasteiger partial charge in [-0.05, 0) is 12.1 Å². The van der Waals surface area contributed by atoms with E-state index in [1.54, 1.807) is 11.8 Å². The summed E-state index contributed by atoms with van der Waals surface area (Å²) in [5, 5.41) is 12.8. The van der Waals surface area contributed by atoms with Gasteiger partial charge in [-0.15, -0.1) is 22.0 Å². The topological polar surface area (TPSA) is 54.9 Å². The van der Waals surface area contributed by atoms with Crippen LogP contribution in [0, 0.1) is 0 Å². The van der Waals surface area contributed by atoms with E-state index in [1.165, 1.54) is 11.3 Å². The van der Waals surface area contributed by atoms with Crippen molar-refractivity contribution in [1.29, 1.82) is 0 Å². The van der Waals surface area contributed by atoms with Crippen molar-refractivity contribution in [1.82, 2.24) is 10.2 Å². The van der Waals surface area contributed by atoms with Crippen LogP contribution in [-0.2, 0) is 0 Å². The van der Waals surface area contributed by atoms with Crippen LogP contribution in [0.4, 0.5) is 5.13 Å². The van der Waals surface area contributed by atoms with E-state index >= 15 is 0 Å². The summed E-state index contributed by atoms with van der Waals surface area (Å²) in [5.74, 6) is 0.183. The number of nitrogens with one attached hydrogen (secondary N) is 1. The molecule has 112 valence electrons. The second kappa shape index (κ2) is 7.04. The zero-order valence-electron chi connectivity index (χ0n) is 12.6. The number of hydrogen-bond acceptors (Lipinski definition) is 5. The second-order valence-electron chi connectivity index (χ2n) is 5.22. The summed E-state index contributed by atoms with van der Waals surface area (Å²) in [6.45, 7) is 8.33. The molecule has 4 nitrogen and oxygen atoms in total. The maximum Gasteiger partial charge on any atom is 0.258 e. The zero-order chi connectivity index (χ0) is 15.4. The van der Waals surface area contributed by atoms with Gasteiger partial charge in [-0.3, -0.25) is 10.1 Å². The molecule has 2 aromatic rings. The highest BCUT2D eigenvalue weighted by Crippen LogP contribution is 2.28. The molecule has 0 aliphatic heterocycles. The monoisotopic (exact) mass is 321 g/mol. The Morgan fingerprint density at radius 2 is 1.90 bits per heavy atom. The van der Waals surface area contributed by atoms with Crippen molar-refractivity contribution in [2.24, 2.45) is 0 Å². The first-order valence-corrected chi connectivity index (χ1v) is 8.57. The molecule has 6 heteroatoms. The molecule has 0 aliphatic rings. The summed E-state index contributed by atoms with van der Waals surface area (Å²) >= 11 is 3.10. The Morgan fingerprint density at radius 3 is 2.52 bits per heavy atom. The lowest BCUT2D eigenvalue weighted by Gasteiger charge is -2.10. The molecule has 0 radical (unpaired) electrons. The SMILES string of the molecule is CC(C)Sc1ccccc1C(=O)Nc1nnc(C(C)C)s1. The van der Waals surface area contributed by atoms with Crippen molar-refractivity contribution in [3.8, 4) is 0 Å². The van der Waals surface area contributed by atoms with E-state index in [0.29, 0.717) is 21.9 Å². The van der Waals surface area contributed by atoms with Gasteiger partial charge in [0.2, 0.25) is 5.13 Å². The van der Waals surface area contributed by atoms with E-state index < -0.39 is 0 Å². The summed E-state index contributed by atoms with van der Waals surface area (Å²) in [7, 11) is 0. The average Bonchev–Trinajstić information content (AvgIpc) is 2.87. The quantitative estimate of drug-likeness (QED) is 0.829. The first-order chi connectivity index (χ1) is 9.97. The number of carbonyl (C=O) groups is 1. The number of amides is 1. The lowest BCUT2D eigenvalue weighted by Crippen LogP contribution is -2.13. The Balaban J connectivity index is 2.16. The standard InChI is InChI=1S/C15H19N3OS2/c1-9(2)14-17-18-15(21-14)16-13(19)11-7-5-6-8-12(11)20-10(3)4/h5-10H,1-4H3,(H,16,18,19). The van der Waals surface area contributed by atoms with Gasteiger partial charge < -0.3 is 0 Å². The zero-order valence-corrected chi connectivity index (χ0v) is 14.2. The Morgan fingerprint density at radius 1 is 1.19 bits per heavy atom. The largest absolute Gasteiger partial charge is 0.296 e. The molecular weight excluding hydrogens is 302 g/mol. The summed E-state index contributed by atoms with van der Waals surface area (Å²) < 4.78 is 0. The van der Waals surface area contributed by atoms with Gasteiger partial charge in [0, 0.05) is 16.1 Å². The number of anilines is 1. The lowest BCUT2D eigenvalue weighted by atomic mass is 10.2. The van der Waals surface area contributed by atoms with Crippen LogP contribution in [0.1, 0.15) is 49.0 Å². The van der Waals surface area contributed by atoms with Crippen LogP contribution in [0.15, 0.2) is 29.2 Å². The molecule has 0 aliphatic carbocycles. The van der Waals surface area contributed by atoms with Gasteiger partial charge in [0.15, 0.2) is 0 Å². The third kappa shape index (κ3) is 4.28. The van der Waals surface area contributed by atoms with E-state index in [1.807, 2.05) is 24.3 Å². The van der Waals surface area contributed by atoms with Gasteiger partial charge in [0.1, 0.15) is 5.01 Å². The molecule has 1 aromatic carbocycles. The molecule has 21 heavy (non-hydrogen) atoms. The Labute approximate surface area is 133 Å². The fourth-order valence-corrected chi connectivity index (χ4v) is 3.39. The average molecular weight is 321 g/mol. The van der Waals surface area contributed by atoms with Gasteiger partial charge in [-0.2, -0.15) is 0 Å². The third-order valence-corrected chi connectivity index (χ3v) is 4.87. The van der Waals surface area contributed by atoms with Crippen LogP contribution >= 0.6 is 23.1 Å². The number of hydrogen-bond donors (Lipinski definition) is 1. The third-order valence-electron chi connectivity index (χ3n) is 2.65. The number of carbonyl (C=O) groups excluding carboxylic acids is 1. The van der Waals surface area contributed by atoms with Gasteiger partial charge in [-0.25, -0.2) is 0 Å². The van der Waals surface area contributed by atoms with Crippen molar-refractivity contribution in [3.05, 3.63) is 34.8 Å². The molecule has 1 N–H and O–H groups in total. The molecule has 0 saturated heterocycles. The van der Waals surface area contributed by atoms with Crippen molar-refractivity contribution in [2.75, 3.05) is 5.32 Å². The first-order valence-electron chi connectivity index (χ1n) is 6.87. The second-order valence-corrected chi connectivity index (χ2v) is 7.84. The maximum atomic E-state index is 12.4. The van der Waals surface area contributed by atoms with Crippen molar-refractivity contribution < 1.29 is 4.79 Å². The molecule has 1 amide bonds. The predicted octanol–water partition coefficient (Wildman–Crippen LogP) is 4.41. The summed E-state index contributed by atoms with van der Waals surface area (Å²) in [5.41, 5.74) is 0.678. The normalized spacial score (nSPS) is 11.1. The van der Waals surface area contributed by atoms with Crippen LogP contribution in [-0.4, -0.2) is 21.4 Å². The smallest absolute Gasteiger partial charge is 0.258 e. The van der Waals surface area contributed by atoms with E-state index in [9.17, 15) is 4.79 Å². The fraction of sp³-hybridized carbons (Fsp3) is 0.400. The minimum atomic E-state index is -0.134. The minimum Gasteiger partial charge on any atom is -0.296 e. The molecule has 0 saturated carbocycles. The molecule has 1 heterocycles. The van der Waals surface area contributed by atoms with Crippen LogP contribution in [0.5, 0.6) is 0 Å². The van der Waals surface area contributed by atoms with E-state index in [2.05, 4.69) is 43.2 Å². The molecule has 2 rings (SSSR count). The van der Waals surface area contributed by atoms with Gasteiger partial charge >= 0.3 is 0 Å². The molecule has 0 atom stereocenters. The number of benzene rings is 1. The lowest BCUT2D eigenvalue weighted by molar-refractivity contribution is 0.102. The Hall–Kier alpha value is -1.40. The number of nitrogens with zero attached hydrogens (tertiary/aromatic N) is 2. The van der Waals surface area contributed by atoms with E-state index in [4.69, 9.17) is 0 Å². The minimum absolute atomic E-state index is 0.134. The molecular formula is C15H19N3OS2. The van der Waals surface area contributed by atoms with Gasteiger partial charge in [-0.1, -0.05) is 51.2 Å². The number of thioether (sulfide) groups is 1. The first kappa shape index (κ1) is 16.0. The van der Waals surface area contributed by atoms with Gasteiger partial charge in [0.25, 0.3) is 5.91 Å². The highest BCUT2D eigenvalue weighted by atomic mass is 32.2. The maximum absolute atomic E-state index is 12.4. The molecule has 0 fully saturated rings. The molecule has 0 unspecified atom stereocenters. The Kier molecular flexibility index (Phi) is 5.36. The number of aromatic nitrogens is 2. The summed E-state index contributed by atoms with van der Waals surface area (Å²) in [6.07, 6.45) is 0. The van der Waals surface area contributed by atoms with Gasteiger partial charge in [0.05, 0.1) is 5.56 Å². The molecule has 1 aromatic heterocycles. The Bertz CT molecular complexity index is 623. The van der Waals surface area contributed by atoms with Crippen LogP contribution in [0.3, 0.4) is 0 Å². The molecule has 0 bridgehead atoms. The van der Waals surface area contributed by atoms with Crippen molar-refractivity contribution in [2.45, 2.75) is 43.8 Å². The summed E-state index contributed by atoms with van der Waals surface area (Å²) in [4.78, 5) is 13.4. The van der Waals surface area contributed by atoms with Crippen molar-refractivity contribution in [3.63, 3.8) is 0 Å². The number of rotatable bonds is 5. The van der Waals surface area contributed by atoms with Crippen LogP contribution in [0.25, 0.3) is 0 Å². The molecule has 0 spiro atoms. The van der Waals surface area contributed by atoms with Crippen molar-refractivity contribution >= 4 is 34.1 Å².